The van der Waals surface area contributed by atoms with Gasteiger partial charge < -0.3 is 19.6 Å². The molecule has 0 aliphatic carbocycles. The number of hydrogen-bond donors (Lipinski definition) is 1. The minimum absolute atomic E-state index is 0.00173. The Bertz CT molecular complexity index is 1030. The number of likely N-dealkylation sites (tertiary alicyclic amines) is 1. The van der Waals surface area contributed by atoms with Crippen LogP contribution in [0.3, 0.4) is 0 Å². The van der Waals surface area contributed by atoms with E-state index in [4.69, 9.17) is 4.74 Å². The molecule has 3 rings (SSSR count). The summed E-state index contributed by atoms with van der Waals surface area (Å²) < 4.78 is 19.4. The molecule has 0 bridgehead atoms. The highest BCUT2D eigenvalue weighted by Crippen LogP contribution is 2.39. The number of hydrogen-bond acceptors (Lipinski definition) is 5. The molecule has 6 nitrogen and oxygen atoms in total. The molecule has 7 heteroatoms. The molecule has 1 unspecified atom stereocenters. The Morgan fingerprint density at radius 1 is 1.09 bits per heavy atom. The van der Waals surface area contributed by atoms with Gasteiger partial charge in [0.1, 0.15) is 17.3 Å². The van der Waals surface area contributed by atoms with Crippen molar-refractivity contribution in [3.8, 4) is 5.75 Å². The fourth-order valence-corrected chi connectivity index (χ4v) is 4.11. The summed E-state index contributed by atoms with van der Waals surface area (Å²) in [5.41, 5.74) is 0.960. The molecule has 1 aliphatic rings. The second kappa shape index (κ2) is 11.8. The van der Waals surface area contributed by atoms with Crippen molar-refractivity contribution in [1.29, 1.82) is 0 Å². The second-order valence-corrected chi connectivity index (χ2v) is 8.30. The first-order chi connectivity index (χ1) is 16.4. The topological polar surface area (TPSA) is 70.1 Å². The first-order valence-electron chi connectivity index (χ1n) is 11.9. The number of amides is 1. The van der Waals surface area contributed by atoms with E-state index in [-0.39, 0.29) is 11.3 Å². The standard InChI is InChI=1S/C27H33FN2O4/c1-4-7-17-34-22-10-8-9-20(18-22)25(31)23-24(19-11-13-21(28)14-12-19)30(27(33)26(23)32)16-15-29(5-2)6-3/h8-14,18,24,31H,4-7,15-17H2,1-3H3. The maximum Gasteiger partial charge on any atom is 0.295 e. The number of benzene rings is 2. The van der Waals surface area contributed by atoms with E-state index >= 15 is 0 Å². The van der Waals surface area contributed by atoms with Crippen LogP contribution in [-0.2, 0) is 9.59 Å². The van der Waals surface area contributed by atoms with Crippen LogP contribution in [0.1, 0.15) is 50.8 Å². The third-order valence-electron chi connectivity index (χ3n) is 6.15. The third-order valence-corrected chi connectivity index (χ3v) is 6.15. The zero-order valence-corrected chi connectivity index (χ0v) is 20.1. The molecule has 0 spiro atoms. The molecule has 1 saturated heterocycles. The number of carbonyl (C=O) groups excluding carboxylic acids is 2. The molecule has 1 fully saturated rings. The zero-order valence-electron chi connectivity index (χ0n) is 20.1. The lowest BCUT2D eigenvalue weighted by Crippen LogP contribution is -2.38. The van der Waals surface area contributed by atoms with Gasteiger partial charge in [0.05, 0.1) is 18.2 Å². The molecule has 1 N–H and O–H groups in total. The SMILES string of the molecule is CCCCOc1cccc(C(O)=C2C(=O)C(=O)N(CCN(CC)CC)C2c2ccc(F)cc2)c1. The van der Waals surface area contributed by atoms with Gasteiger partial charge in [-0.2, -0.15) is 0 Å². The average Bonchev–Trinajstić information content (AvgIpc) is 3.10. The van der Waals surface area contributed by atoms with Crippen molar-refractivity contribution in [1.82, 2.24) is 9.80 Å². The molecule has 1 amide bonds. The maximum absolute atomic E-state index is 13.6. The maximum atomic E-state index is 13.6. The van der Waals surface area contributed by atoms with E-state index < -0.39 is 23.5 Å². The van der Waals surface area contributed by atoms with E-state index in [1.165, 1.54) is 17.0 Å². The van der Waals surface area contributed by atoms with Crippen LogP contribution in [0.5, 0.6) is 5.75 Å². The smallest absolute Gasteiger partial charge is 0.295 e. The first kappa shape index (κ1) is 25.4. The summed E-state index contributed by atoms with van der Waals surface area (Å²) >= 11 is 0. The second-order valence-electron chi connectivity index (χ2n) is 8.30. The minimum atomic E-state index is -0.805. The Balaban J connectivity index is 2.03. The molecular formula is C27H33FN2O4. The number of aliphatic hydroxyl groups is 1. The summed E-state index contributed by atoms with van der Waals surface area (Å²) in [5.74, 6) is -1.52. The Morgan fingerprint density at radius 3 is 2.44 bits per heavy atom. The number of ketones is 1. The number of likely N-dealkylation sites (N-methyl/N-ethyl adjacent to an activating group) is 1. The minimum Gasteiger partial charge on any atom is -0.507 e. The van der Waals surface area contributed by atoms with Crippen LogP contribution in [0.2, 0.25) is 0 Å². The van der Waals surface area contributed by atoms with Gasteiger partial charge in [0, 0.05) is 18.7 Å². The van der Waals surface area contributed by atoms with Gasteiger partial charge in [0.25, 0.3) is 11.7 Å². The van der Waals surface area contributed by atoms with E-state index in [1.54, 1.807) is 36.4 Å². The van der Waals surface area contributed by atoms with Gasteiger partial charge in [-0.3, -0.25) is 9.59 Å². The molecule has 1 aliphatic heterocycles. The van der Waals surface area contributed by atoms with Crippen molar-refractivity contribution in [2.75, 3.05) is 32.8 Å². The number of aliphatic hydroxyl groups excluding tert-OH is 1. The predicted molar refractivity (Wildman–Crippen MR) is 130 cm³/mol. The summed E-state index contributed by atoms with van der Waals surface area (Å²) in [6.07, 6.45) is 1.90. The van der Waals surface area contributed by atoms with Crippen LogP contribution < -0.4 is 4.74 Å². The van der Waals surface area contributed by atoms with E-state index in [0.717, 1.165) is 25.9 Å². The highest BCUT2D eigenvalue weighted by Gasteiger charge is 2.46. The highest BCUT2D eigenvalue weighted by molar-refractivity contribution is 6.46. The molecule has 182 valence electrons. The van der Waals surface area contributed by atoms with Crippen LogP contribution in [0, 0.1) is 5.82 Å². The van der Waals surface area contributed by atoms with E-state index in [9.17, 15) is 19.1 Å². The first-order valence-corrected chi connectivity index (χ1v) is 11.9. The van der Waals surface area contributed by atoms with E-state index in [0.29, 0.717) is 36.6 Å². The lowest BCUT2D eigenvalue weighted by Gasteiger charge is -2.28. The summed E-state index contributed by atoms with van der Waals surface area (Å²) in [5, 5.41) is 11.2. The van der Waals surface area contributed by atoms with Crippen molar-refractivity contribution < 1.29 is 23.8 Å². The molecule has 1 heterocycles. The molecule has 0 saturated carbocycles. The lowest BCUT2D eigenvalue weighted by atomic mass is 9.95. The normalized spacial score (nSPS) is 17.6. The van der Waals surface area contributed by atoms with Gasteiger partial charge in [-0.1, -0.05) is 51.5 Å². The molecule has 34 heavy (non-hydrogen) atoms. The summed E-state index contributed by atoms with van der Waals surface area (Å²) in [4.78, 5) is 29.8. The van der Waals surface area contributed by atoms with Gasteiger partial charge in [0.2, 0.25) is 0 Å². The number of carbonyl (C=O) groups is 2. The lowest BCUT2D eigenvalue weighted by molar-refractivity contribution is -0.140. The van der Waals surface area contributed by atoms with Gasteiger partial charge >= 0.3 is 0 Å². The molecular weight excluding hydrogens is 435 g/mol. The van der Waals surface area contributed by atoms with Crippen molar-refractivity contribution in [2.45, 2.75) is 39.7 Å². The number of nitrogens with zero attached hydrogens (tertiary/aromatic N) is 2. The van der Waals surface area contributed by atoms with Crippen LogP contribution in [0.15, 0.2) is 54.1 Å². The van der Waals surface area contributed by atoms with E-state index in [2.05, 4.69) is 11.8 Å². The van der Waals surface area contributed by atoms with Gasteiger partial charge in [-0.15, -0.1) is 0 Å². The molecule has 2 aromatic carbocycles. The number of halogens is 1. The monoisotopic (exact) mass is 468 g/mol. The number of ether oxygens (including phenoxy) is 1. The van der Waals surface area contributed by atoms with Crippen molar-refractivity contribution in [2.24, 2.45) is 0 Å². The number of Topliss-reactive ketones (excluding diaryl/α,β-unsaturated/α-hetero) is 1. The van der Waals surface area contributed by atoms with Gasteiger partial charge in [-0.05, 0) is 49.3 Å². The van der Waals surface area contributed by atoms with Crippen LogP contribution in [-0.4, -0.2) is 59.4 Å². The zero-order chi connectivity index (χ0) is 24.7. The Labute approximate surface area is 200 Å². The van der Waals surface area contributed by atoms with Gasteiger partial charge in [-0.25, -0.2) is 4.39 Å². The number of rotatable bonds is 11. The Morgan fingerprint density at radius 2 is 1.79 bits per heavy atom. The Hall–Kier alpha value is -3.19. The fraction of sp³-hybridized carbons (Fsp3) is 0.407. The van der Waals surface area contributed by atoms with Crippen LogP contribution >= 0.6 is 0 Å². The molecule has 0 radical (unpaired) electrons. The number of unbranched alkanes of at least 4 members (excludes halogenated alkanes) is 1. The van der Waals surface area contributed by atoms with Crippen molar-refractivity contribution in [3.63, 3.8) is 0 Å². The van der Waals surface area contributed by atoms with Crippen molar-refractivity contribution >= 4 is 17.4 Å². The molecule has 0 aromatic heterocycles. The summed E-state index contributed by atoms with van der Waals surface area (Å²) in [6.45, 7) is 9.20. The fourth-order valence-electron chi connectivity index (χ4n) is 4.11. The summed E-state index contributed by atoms with van der Waals surface area (Å²) in [6, 6.07) is 11.7. The van der Waals surface area contributed by atoms with Crippen molar-refractivity contribution in [3.05, 3.63) is 71.0 Å². The molecule has 2 aromatic rings. The molecule has 1 atom stereocenters. The predicted octanol–water partition coefficient (Wildman–Crippen LogP) is 4.77. The van der Waals surface area contributed by atoms with Crippen LogP contribution in [0.4, 0.5) is 4.39 Å². The third kappa shape index (κ3) is 5.65. The van der Waals surface area contributed by atoms with Crippen LogP contribution in [0.25, 0.3) is 5.76 Å². The average molecular weight is 469 g/mol. The van der Waals surface area contributed by atoms with E-state index in [1.807, 2.05) is 13.8 Å². The quantitative estimate of drug-likeness (QED) is 0.223. The Kier molecular flexibility index (Phi) is 8.82. The highest BCUT2D eigenvalue weighted by atomic mass is 19.1. The summed E-state index contributed by atoms with van der Waals surface area (Å²) in [7, 11) is 0. The largest absolute Gasteiger partial charge is 0.507 e. The van der Waals surface area contributed by atoms with Gasteiger partial charge in [0.15, 0.2) is 0 Å².